The van der Waals surface area contributed by atoms with Crippen LogP contribution in [0.25, 0.3) is 0 Å². The molecule has 2 heterocycles. The van der Waals surface area contributed by atoms with E-state index in [9.17, 15) is 9.59 Å². The molecule has 2 rings (SSSR count). The molecule has 2 atom stereocenters. The average Bonchev–Trinajstić information content (AvgIpc) is 2.81. The number of hydrogen-bond donors (Lipinski definition) is 1. The number of amides is 1. The molecule has 0 bridgehead atoms. The fraction of sp³-hybridized carbons (Fsp3) is 0.818. The first-order chi connectivity index (χ1) is 7.70. The lowest BCUT2D eigenvalue weighted by molar-refractivity contribution is -0.156. The molecule has 0 aromatic rings. The number of carboxylic acid groups (broad SMARTS) is 1. The second-order valence-corrected chi connectivity index (χ2v) is 4.38. The second kappa shape index (κ2) is 4.82. The van der Waals surface area contributed by atoms with Gasteiger partial charge in [0.05, 0.1) is 0 Å². The Labute approximate surface area is 94.4 Å². The lowest BCUT2D eigenvalue weighted by Crippen LogP contribution is -2.51. The van der Waals surface area contributed by atoms with Gasteiger partial charge in [-0.25, -0.2) is 4.79 Å². The summed E-state index contributed by atoms with van der Waals surface area (Å²) in [6.07, 6.45) is 3.55. The van der Waals surface area contributed by atoms with E-state index in [1.807, 2.05) is 0 Å². The van der Waals surface area contributed by atoms with Crippen molar-refractivity contribution in [2.45, 2.75) is 44.2 Å². The van der Waals surface area contributed by atoms with E-state index in [4.69, 9.17) is 9.84 Å². The van der Waals surface area contributed by atoms with Gasteiger partial charge < -0.3 is 14.7 Å². The fourth-order valence-electron chi connectivity index (χ4n) is 2.41. The van der Waals surface area contributed by atoms with Gasteiger partial charge in [0.15, 0.2) is 0 Å². The van der Waals surface area contributed by atoms with Gasteiger partial charge in [-0.2, -0.15) is 0 Å². The van der Waals surface area contributed by atoms with Crippen molar-refractivity contribution in [1.29, 1.82) is 0 Å². The summed E-state index contributed by atoms with van der Waals surface area (Å²) in [5.41, 5.74) is 0. The first kappa shape index (κ1) is 11.4. The number of nitrogens with zero attached hydrogens (tertiary/aromatic N) is 1. The van der Waals surface area contributed by atoms with Crippen LogP contribution >= 0.6 is 0 Å². The van der Waals surface area contributed by atoms with Crippen LogP contribution in [-0.4, -0.2) is 47.2 Å². The van der Waals surface area contributed by atoms with Crippen molar-refractivity contribution >= 4 is 11.9 Å². The van der Waals surface area contributed by atoms with Crippen LogP contribution in [0.3, 0.4) is 0 Å². The largest absolute Gasteiger partial charge is 0.480 e. The Morgan fingerprint density at radius 3 is 2.62 bits per heavy atom. The Bertz CT molecular complexity index is 286. The molecule has 2 saturated heterocycles. The summed E-state index contributed by atoms with van der Waals surface area (Å²) < 4.78 is 5.31. The van der Waals surface area contributed by atoms with Crippen molar-refractivity contribution in [2.24, 2.45) is 0 Å². The third kappa shape index (κ3) is 2.19. The maximum atomic E-state index is 12.1. The van der Waals surface area contributed by atoms with E-state index >= 15 is 0 Å². The number of aliphatic carboxylic acids is 1. The number of hydrogen-bond acceptors (Lipinski definition) is 3. The summed E-state index contributed by atoms with van der Waals surface area (Å²) in [5.74, 6) is -1.03. The average molecular weight is 227 g/mol. The van der Waals surface area contributed by atoms with Gasteiger partial charge in [-0.1, -0.05) is 0 Å². The molecule has 1 N–H and O–H groups in total. The molecule has 0 saturated carbocycles. The molecule has 0 spiro atoms. The number of carbonyl (C=O) groups is 2. The van der Waals surface area contributed by atoms with E-state index in [2.05, 4.69) is 0 Å². The zero-order valence-electron chi connectivity index (χ0n) is 9.22. The summed E-state index contributed by atoms with van der Waals surface area (Å²) >= 11 is 0. The summed E-state index contributed by atoms with van der Waals surface area (Å²) in [6.45, 7) is 1.16. The molecule has 1 unspecified atom stereocenters. The van der Waals surface area contributed by atoms with E-state index in [0.29, 0.717) is 19.6 Å². The second-order valence-electron chi connectivity index (χ2n) is 4.38. The van der Waals surface area contributed by atoms with Gasteiger partial charge in [-0.05, 0) is 32.1 Å². The summed E-state index contributed by atoms with van der Waals surface area (Å²) in [5, 5.41) is 9.07. The van der Waals surface area contributed by atoms with E-state index in [1.165, 1.54) is 4.90 Å². The maximum absolute atomic E-state index is 12.1. The molecule has 5 heteroatoms. The number of carboxylic acids is 1. The number of rotatable bonds is 2. The number of ether oxygens (including phenoxy) is 1. The predicted octanol–water partition coefficient (Wildman–Crippen LogP) is 0.631. The van der Waals surface area contributed by atoms with E-state index < -0.39 is 18.1 Å². The van der Waals surface area contributed by atoms with E-state index in [1.54, 1.807) is 0 Å². The molecule has 2 fully saturated rings. The molecule has 0 aromatic carbocycles. The highest BCUT2D eigenvalue weighted by Crippen LogP contribution is 2.22. The molecule has 16 heavy (non-hydrogen) atoms. The number of carbonyl (C=O) groups excluding carboxylic acids is 1. The number of likely N-dealkylation sites (tertiary alicyclic amines) is 1. The highest BCUT2D eigenvalue weighted by atomic mass is 16.5. The summed E-state index contributed by atoms with van der Waals surface area (Å²) in [7, 11) is 0. The van der Waals surface area contributed by atoms with Crippen molar-refractivity contribution in [2.75, 3.05) is 13.2 Å². The highest BCUT2D eigenvalue weighted by molar-refractivity contribution is 5.86. The molecule has 90 valence electrons. The first-order valence-electron chi connectivity index (χ1n) is 5.85. The van der Waals surface area contributed by atoms with Crippen molar-refractivity contribution in [3.8, 4) is 0 Å². The quantitative estimate of drug-likeness (QED) is 0.751. The molecule has 5 nitrogen and oxygen atoms in total. The highest BCUT2D eigenvalue weighted by Gasteiger charge is 2.36. The summed E-state index contributed by atoms with van der Waals surface area (Å²) in [6, 6.07) is -0.648. The minimum Gasteiger partial charge on any atom is -0.480 e. The summed E-state index contributed by atoms with van der Waals surface area (Å²) in [4.78, 5) is 24.6. The minimum absolute atomic E-state index is 0.135. The van der Waals surface area contributed by atoms with Gasteiger partial charge in [-0.3, -0.25) is 4.79 Å². The SMILES string of the molecule is O=C(O)[C@H]1CCCCN1C(=O)C1CCCO1. The smallest absolute Gasteiger partial charge is 0.326 e. The molecular formula is C11H17NO4. The molecule has 1 amide bonds. The Kier molecular flexibility index (Phi) is 3.43. The lowest BCUT2D eigenvalue weighted by Gasteiger charge is -2.34. The van der Waals surface area contributed by atoms with Crippen LogP contribution in [0.4, 0.5) is 0 Å². The van der Waals surface area contributed by atoms with Crippen molar-refractivity contribution in [3.63, 3.8) is 0 Å². The van der Waals surface area contributed by atoms with Crippen molar-refractivity contribution in [1.82, 2.24) is 4.90 Å². The molecule has 0 aromatic heterocycles. The van der Waals surface area contributed by atoms with Gasteiger partial charge in [0, 0.05) is 13.2 Å². The number of piperidine rings is 1. The van der Waals surface area contributed by atoms with Crippen LogP contribution in [0, 0.1) is 0 Å². The van der Waals surface area contributed by atoms with Crippen LogP contribution < -0.4 is 0 Å². The van der Waals surface area contributed by atoms with E-state index in [-0.39, 0.29) is 5.91 Å². The Morgan fingerprint density at radius 1 is 1.19 bits per heavy atom. The molecule has 2 aliphatic rings. The Balaban J connectivity index is 2.04. The van der Waals surface area contributed by atoms with Gasteiger partial charge in [0.1, 0.15) is 12.1 Å². The van der Waals surface area contributed by atoms with Crippen molar-refractivity contribution in [3.05, 3.63) is 0 Å². The van der Waals surface area contributed by atoms with Gasteiger partial charge in [0.2, 0.25) is 0 Å². The van der Waals surface area contributed by atoms with Crippen LogP contribution in [0.15, 0.2) is 0 Å². The fourth-order valence-corrected chi connectivity index (χ4v) is 2.41. The molecule has 2 aliphatic heterocycles. The van der Waals surface area contributed by atoms with Crippen LogP contribution in [0.1, 0.15) is 32.1 Å². The molecule has 0 aliphatic carbocycles. The molecule has 0 radical (unpaired) electrons. The van der Waals surface area contributed by atoms with Crippen LogP contribution in [0.5, 0.6) is 0 Å². The van der Waals surface area contributed by atoms with Gasteiger partial charge >= 0.3 is 5.97 Å². The van der Waals surface area contributed by atoms with Crippen molar-refractivity contribution < 1.29 is 19.4 Å². The van der Waals surface area contributed by atoms with E-state index in [0.717, 1.165) is 25.7 Å². The first-order valence-corrected chi connectivity index (χ1v) is 5.85. The van der Waals surface area contributed by atoms with Gasteiger partial charge in [0.25, 0.3) is 5.91 Å². The van der Waals surface area contributed by atoms with Crippen LogP contribution in [0.2, 0.25) is 0 Å². The standard InChI is InChI=1S/C11H17NO4/c13-10(9-5-3-7-16-9)12-6-2-1-4-8(12)11(14)15/h8-9H,1-7H2,(H,14,15)/t8-,9?/m1/s1. The third-order valence-electron chi connectivity index (χ3n) is 3.28. The topological polar surface area (TPSA) is 66.8 Å². The zero-order valence-corrected chi connectivity index (χ0v) is 9.22. The monoisotopic (exact) mass is 227 g/mol. The zero-order chi connectivity index (χ0) is 11.5. The van der Waals surface area contributed by atoms with Crippen LogP contribution in [-0.2, 0) is 14.3 Å². The predicted molar refractivity (Wildman–Crippen MR) is 56.0 cm³/mol. The minimum atomic E-state index is -0.897. The van der Waals surface area contributed by atoms with Gasteiger partial charge in [-0.15, -0.1) is 0 Å². The third-order valence-corrected chi connectivity index (χ3v) is 3.28. The maximum Gasteiger partial charge on any atom is 0.326 e. The normalized spacial score (nSPS) is 30.4. The molecular weight excluding hydrogens is 210 g/mol. The Morgan fingerprint density at radius 2 is 2.00 bits per heavy atom. The Hall–Kier alpha value is -1.10. The lowest BCUT2D eigenvalue weighted by atomic mass is 10.0.